The third kappa shape index (κ3) is 3.01. The molecule has 0 aliphatic rings. The highest BCUT2D eigenvalue weighted by Gasteiger charge is 2.08. The molecule has 2 heteroatoms. The van der Waals surface area contributed by atoms with Gasteiger partial charge in [0.15, 0.2) is 0 Å². The fraction of sp³-hybridized carbons (Fsp3) is 0.150. The van der Waals surface area contributed by atoms with Gasteiger partial charge in [0.25, 0.3) is 0 Å². The number of aromatic nitrogens is 1. The van der Waals surface area contributed by atoms with Crippen LogP contribution in [0.2, 0.25) is 0 Å². The average Bonchev–Trinajstić information content (AvgIpc) is 2.83. The summed E-state index contributed by atoms with van der Waals surface area (Å²) >= 11 is 0. The van der Waals surface area contributed by atoms with Gasteiger partial charge in [0.1, 0.15) is 0 Å². The van der Waals surface area contributed by atoms with Crippen LogP contribution in [0.3, 0.4) is 0 Å². The lowest BCUT2D eigenvalue weighted by Gasteiger charge is -2.08. The van der Waals surface area contributed by atoms with Crippen LogP contribution in [0.5, 0.6) is 0 Å². The number of benzene rings is 2. The monoisotopic (exact) mass is 288 g/mol. The Hall–Kier alpha value is -2.61. The molecule has 0 fully saturated rings. The van der Waals surface area contributed by atoms with Crippen LogP contribution in [0.15, 0.2) is 71.7 Å². The van der Waals surface area contributed by atoms with Crippen LogP contribution in [-0.2, 0) is 6.54 Å². The lowest BCUT2D eigenvalue weighted by Crippen LogP contribution is -1.99. The van der Waals surface area contributed by atoms with E-state index in [-0.39, 0.29) is 0 Å². The Morgan fingerprint density at radius 2 is 1.55 bits per heavy atom. The normalized spacial score (nSPS) is 11.2. The summed E-state index contributed by atoms with van der Waals surface area (Å²) in [6.07, 6.45) is 1.98. The average molecular weight is 288 g/mol. The summed E-state index contributed by atoms with van der Waals surface area (Å²) in [7, 11) is 0. The third-order valence-electron chi connectivity index (χ3n) is 3.83. The molecule has 3 rings (SSSR count). The van der Waals surface area contributed by atoms with Crippen LogP contribution >= 0.6 is 0 Å². The third-order valence-corrected chi connectivity index (χ3v) is 3.83. The van der Waals surface area contributed by atoms with E-state index < -0.39 is 0 Å². The molecule has 1 aromatic heterocycles. The number of hydrogen-bond donors (Lipinski definition) is 0. The Bertz CT molecular complexity index is 768. The molecule has 1 heterocycles. The van der Waals surface area contributed by atoms with Crippen LogP contribution in [-0.4, -0.2) is 10.8 Å². The summed E-state index contributed by atoms with van der Waals surface area (Å²) in [6, 6.07) is 23.0. The minimum atomic E-state index is 0.718. The molecule has 0 aliphatic carbocycles. The van der Waals surface area contributed by atoms with Crippen molar-refractivity contribution in [2.24, 2.45) is 4.99 Å². The molecule has 0 saturated carbocycles. The molecule has 0 amide bonds. The summed E-state index contributed by atoms with van der Waals surface area (Å²) in [6.45, 7) is 4.99. The van der Waals surface area contributed by atoms with E-state index in [9.17, 15) is 0 Å². The maximum atomic E-state index is 4.58. The Morgan fingerprint density at radius 3 is 2.23 bits per heavy atom. The predicted octanol–water partition coefficient (Wildman–Crippen LogP) is 4.71. The van der Waals surface area contributed by atoms with Crippen molar-refractivity contribution in [3.63, 3.8) is 0 Å². The quantitative estimate of drug-likeness (QED) is 0.618. The van der Waals surface area contributed by atoms with Crippen LogP contribution in [0.4, 0.5) is 0 Å². The minimum Gasteiger partial charge on any atom is -0.318 e. The SMILES string of the molecule is Cc1cc(C=NCc2ccccc2)c(C)n1-c1ccccc1. The molecule has 0 N–H and O–H groups in total. The standard InChI is InChI=1S/C20H20N2/c1-16-13-19(15-21-14-18-9-5-3-6-10-18)17(2)22(16)20-11-7-4-8-12-20/h3-13,15H,14H2,1-2H3. The number of aliphatic imine (C=N–C) groups is 1. The first-order valence-electron chi connectivity index (χ1n) is 7.54. The molecule has 0 radical (unpaired) electrons. The van der Waals surface area contributed by atoms with E-state index in [1.165, 1.54) is 28.2 Å². The van der Waals surface area contributed by atoms with Gasteiger partial charge in [-0.15, -0.1) is 0 Å². The molecule has 22 heavy (non-hydrogen) atoms. The number of aryl methyl sites for hydroxylation is 1. The maximum absolute atomic E-state index is 4.58. The molecule has 3 aromatic rings. The Labute approximate surface area is 131 Å². The molecule has 0 saturated heterocycles. The van der Waals surface area contributed by atoms with E-state index in [0.29, 0.717) is 0 Å². The molecule has 0 spiro atoms. The summed E-state index contributed by atoms with van der Waals surface area (Å²) < 4.78 is 2.27. The highest BCUT2D eigenvalue weighted by atomic mass is 15.0. The summed E-state index contributed by atoms with van der Waals surface area (Å²) in [4.78, 5) is 4.58. The lowest BCUT2D eigenvalue weighted by atomic mass is 10.2. The van der Waals surface area contributed by atoms with Gasteiger partial charge in [-0.2, -0.15) is 0 Å². The van der Waals surface area contributed by atoms with E-state index in [1.54, 1.807) is 0 Å². The second-order valence-corrected chi connectivity index (χ2v) is 5.45. The molecule has 2 aromatic carbocycles. The summed E-state index contributed by atoms with van der Waals surface area (Å²) in [5.74, 6) is 0. The predicted molar refractivity (Wildman–Crippen MR) is 93.0 cm³/mol. The first-order chi connectivity index (χ1) is 10.8. The van der Waals surface area contributed by atoms with Crippen LogP contribution in [0.1, 0.15) is 22.5 Å². The molecule has 0 aliphatic heterocycles. The first kappa shape index (κ1) is 14.3. The molecule has 0 atom stereocenters. The van der Waals surface area contributed by atoms with Gasteiger partial charge in [-0.05, 0) is 37.6 Å². The number of hydrogen-bond acceptors (Lipinski definition) is 1. The van der Waals surface area contributed by atoms with Crippen LogP contribution in [0.25, 0.3) is 5.69 Å². The van der Waals surface area contributed by atoms with E-state index >= 15 is 0 Å². The van der Waals surface area contributed by atoms with Gasteiger partial charge < -0.3 is 4.57 Å². The Kier molecular flexibility index (Phi) is 4.19. The van der Waals surface area contributed by atoms with Gasteiger partial charge in [-0.1, -0.05) is 48.5 Å². The molecular formula is C20H20N2. The van der Waals surface area contributed by atoms with Crippen molar-refractivity contribution in [1.82, 2.24) is 4.57 Å². The zero-order chi connectivity index (χ0) is 15.4. The Morgan fingerprint density at radius 1 is 0.909 bits per heavy atom. The largest absolute Gasteiger partial charge is 0.318 e. The van der Waals surface area contributed by atoms with Crippen LogP contribution in [0, 0.1) is 13.8 Å². The van der Waals surface area contributed by atoms with Crippen molar-refractivity contribution in [1.29, 1.82) is 0 Å². The smallest absolute Gasteiger partial charge is 0.0639 e. The molecule has 0 unspecified atom stereocenters. The zero-order valence-corrected chi connectivity index (χ0v) is 13.0. The molecular weight excluding hydrogens is 268 g/mol. The van der Waals surface area contributed by atoms with Crippen molar-refractivity contribution >= 4 is 6.21 Å². The van der Waals surface area contributed by atoms with E-state index in [4.69, 9.17) is 0 Å². The topological polar surface area (TPSA) is 17.3 Å². The van der Waals surface area contributed by atoms with Gasteiger partial charge in [-0.25, -0.2) is 0 Å². The minimum absolute atomic E-state index is 0.718. The maximum Gasteiger partial charge on any atom is 0.0639 e. The molecule has 2 nitrogen and oxygen atoms in total. The van der Waals surface area contributed by atoms with Gasteiger partial charge in [0.05, 0.1) is 6.54 Å². The van der Waals surface area contributed by atoms with Gasteiger partial charge >= 0.3 is 0 Å². The van der Waals surface area contributed by atoms with E-state index in [0.717, 1.165) is 6.54 Å². The van der Waals surface area contributed by atoms with Gasteiger partial charge in [0.2, 0.25) is 0 Å². The Balaban J connectivity index is 1.84. The fourth-order valence-electron chi connectivity index (χ4n) is 2.73. The zero-order valence-electron chi connectivity index (χ0n) is 13.0. The van der Waals surface area contributed by atoms with Crippen molar-refractivity contribution in [3.8, 4) is 5.69 Å². The van der Waals surface area contributed by atoms with Crippen molar-refractivity contribution in [2.75, 3.05) is 0 Å². The molecule has 0 bridgehead atoms. The number of nitrogens with zero attached hydrogens (tertiary/aromatic N) is 2. The highest BCUT2D eigenvalue weighted by molar-refractivity contribution is 5.82. The van der Waals surface area contributed by atoms with Gasteiger partial charge in [-0.3, -0.25) is 4.99 Å². The van der Waals surface area contributed by atoms with Gasteiger partial charge in [0, 0.05) is 28.9 Å². The number of rotatable bonds is 4. The lowest BCUT2D eigenvalue weighted by molar-refractivity contribution is 0.964. The summed E-state index contributed by atoms with van der Waals surface area (Å²) in [5.41, 5.74) is 6.05. The van der Waals surface area contributed by atoms with Crippen molar-refractivity contribution in [3.05, 3.63) is 89.2 Å². The number of para-hydroxylation sites is 1. The van der Waals surface area contributed by atoms with E-state index in [1.807, 2.05) is 30.5 Å². The summed E-state index contributed by atoms with van der Waals surface area (Å²) in [5, 5.41) is 0. The highest BCUT2D eigenvalue weighted by Crippen LogP contribution is 2.19. The van der Waals surface area contributed by atoms with Crippen molar-refractivity contribution in [2.45, 2.75) is 20.4 Å². The molecule has 110 valence electrons. The fourth-order valence-corrected chi connectivity index (χ4v) is 2.73. The first-order valence-corrected chi connectivity index (χ1v) is 7.54. The van der Waals surface area contributed by atoms with Crippen LogP contribution < -0.4 is 0 Å². The second kappa shape index (κ2) is 6.44. The van der Waals surface area contributed by atoms with Crippen molar-refractivity contribution < 1.29 is 0 Å². The second-order valence-electron chi connectivity index (χ2n) is 5.45. The van der Waals surface area contributed by atoms with E-state index in [2.05, 4.69) is 65.9 Å².